The van der Waals surface area contributed by atoms with E-state index in [-0.39, 0.29) is 36.8 Å². The normalized spacial score (nSPS) is 14.1. The van der Waals surface area contributed by atoms with Crippen LogP contribution >= 0.6 is 36.2 Å². The number of thiazole rings is 1. The monoisotopic (exact) mass is 389 g/mol. The smallest absolute Gasteiger partial charge is 0.270 e. The molecule has 1 heterocycles. The molecule has 3 rings (SSSR count). The van der Waals surface area contributed by atoms with Gasteiger partial charge in [-0.25, -0.2) is 4.98 Å². The van der Waals surface area contributed by atoms with Crippen LogP contribution in [-0.2, 0) is 0 Å². The number of methoxy groups -OCH3 is 1. The molecule has 1 fully saturated rings. The van der Waals surface area contributed by atoms with E-state index in [9.17, 15) is 4.79 Å². The molecule has 24 heavy (non-hydrogen) atoms. The second kappa shape index (κ2) is 9.22. The summed E-state index contributed by atoms with van der Waals surface area (Å²) in [5.74, 6) is 1.21. The first-order valence-corrected chi connectivity index (χ1v) is 8.19. The van der Waals surface area contributed by atoms with Crippen molar-refractivity contribution in [2.24, 2.45) is 11.7 Å². The molecule has 1 aliphatic rings. The summed E-state index contributed by atoms with van der Waals surface area (Å²) in [5, 5.41) is 5.46. The van der Waals surface area contributed by atoms with E-state index in [2.05, 4.69) is 10.3 Å². The van der Waals surface area contributed by atoms with E-state index >= 15 is 0 Å². The van der Waals surface area contributed by atoms with Crippen LogP contribution in [0.25, 0.3) is 10.6 Å². The molecule has 1 aromatic heterocycles. The molecule has 1 amide bonds. The minimum atomic E-state index is -0.160. The van der Waals surface area contributed by atoms with Crippen molar-refractivity contribution in [2.45, 2.75) is 18.9 Å². The predicted molar refractivity (Wildman–Crippen MR) is 102 cm³/mol. The highest BCUT2D eigenvalue weighted by atomic mass is 35.5. The van der Waals surface area contributed by atoms with Crippen molar-refractivity contribution in [1.29, 1.82) is 0 Å². The molecular formula is C16H21Cl2N3O2S. The first kappa shape index (κ1) is 20.7. The minimum Gasteiger partial charge on any atom is -0.497 e. The summed E-state index contributed by atoms with van der Waals surface area (Å²) >= 11 is 1.45. The summed E-state index contributed by atoms with van der Waals surface area (Å²) in [4.78, 5) is 16.5. The Morgan fingerprint density at radius 2 is 2.04 bits per heavy atom. The van der Waals surface area contributed by atoms with Gasteiger partial charge in [-0.2, -0.15) is 0 Å². The Bertz CT molecular complexity index is 660. The lowest BCUT2D eigenvalue weighted by Crippen LogP contribution is -2.38. The van der Waals surface area contributed by atoms with Crippen LogP contribution in [0.5, 0.6) is 5.75 Å². The fourth-order valence-electron chi connectivity index (χ4n) is 2.24. The lowest BCUT2D eigenvalue weighted by molar-refractivity contribution is 0.0946. The van der Waals surface area contributed by atoms with Gasteiger partial charge in [0.1, 0.15) is 16.5 Å². The number of carbonyl (C=O) groups is 1. The Morgan fingerprint density at radius 1 is 1.38 bits per heavy atom. The molecule has 3 N–H and O–H groups in total. The van der Waals surface area contributed by atoms with Gasteiger partial charge in [0.25, 0.3) is 5.91 Å². The van der Waals surface area contributed by atoms with Gasteiger partial charge in [0.15, 0.2) is 0 Å². The van der Waals surface area contributed by atoms with Gasteiger partial charge < -0.3 is 15.8 Å². The van der Waals surface area contributed by atoms with Gasteiger partial charge in [-0.3, -0.25) is 4.79 Å². The molecule has 1 aromatic carbocycles. The van der Waals surface area contributed by atoms with Crippen molar-refractivity contribution in [1.82, 2.24) is 10.3 Å². The summed E-state index contributed by atoms with van der Waals surface area (Å²) in [6, 6.07) is 7.68. The number of amides is 1. The van der Waals surface area contributed by atoms with Crippen molar-refractivity contribution >= 4 is 42.1 Å². The number of benzene rings is 1. The van der Waals surface area contributed by atoms with Gasteiger partial charge in [-0.1, -0.05) is 0 Å². The van der Waals surface area contributed by atoms with E-state index in [0.29, 0.717) is 18.2 Å². The highest BCUT2D eigenvalue weighted by Gasteiger charge is 2.28. The summed E-state index contributed by atoms with van der Waals surface area (Å²) in [6.45, 7) is 0.513. The largest absolute Gasteiger partial charge is 0.497 e. The van der Waals surface area contributed by atoms with E-state index in [1.165, 1.54) is 24.2 Å². The molecule has 5 nitrogen and oxygen atoms in total. The zero-order valence-electron chi connectivity index (χ0n) is 13.2. The van der Waals surface area contributed by atoms with Crippen LogP contribution in [0.15, 0.2) is 29.6 Å². The Morgan fingerprint density at radius 3 is 2.62 bits per heavy atom. The minimum absolute atomic E-state index is 0. The Hall–Kier alpha value is -1.34. The molecule has 1 atom stereocenters. The second-order valence-corrected chi connectivity index (χ2v) is 6.34. The number of halogens is 2. The molecule has 1 saturated carbocycles. The summed E-state index contributed by atoms with van der Waals surface area (Å²) in [5.41, 5.74) is 7.40. The second-order valence-electron chi connectivity index (χ2n) is 5.48. The quantitative estimate of drug-likeness (QED) is 0.795. The first-order valence-electron chi connectivity index (χ1n) is 7.31. The Labute approximate surface area is 157 Å². The third-order valence-corrected chi connectivity index (χ3v) is 4.69. The average Bonchev–Trinajstić information content (AvgIpc) is 3.29. The van der Waals surface area contributed by atoms with Crippen LogP contribution in [0.3, 0.4) is 0 Å². The summed E-state index contributed by atoms with van der Waals surface area (Å²) in [7, 11) is 1.63. The fraction of sp³-hybridized carbons (Fsp3) is 0.375. The van der Waals surface area contributed by atoms with E-state index in [1.807, 2.05) is 24.3 Å². The van der Waals surface area contributed by atoms with Crippen molar-refractivity contribution in [3.63, 3.8) is 0 Å². The number of hydrogen-bond acceptors (Lipinski definition) is 5. The van der Waals surface area contributed by atoms with Crippen LogP contribution in [0.4, 0.5) is 0 Å². The molecule has 0 aliphatic heterocycles. The molecule has 0 radical (unpaired) electrons. The molecule has 8 heteroatoms. The first-order chi connectivity index (χ1) is 10.7. The van der Waals surface area contributed by atoms with Crippen LogP contribution in [-0.4, -0.2) is 30.6 Å². The Kier molecular flexibility index (Phi) is 7.96. The van der Waals surface area contributed by atoms with Crippen LogP contribution in [0.2, 0.25) is 0 Å². The van der Waals surface area contributed by atoms with Gasteiger partial charge in [-0.05, 0) is 43.0 Å². The summed E-state index contributed by atoms with van der Waals surface area (Å²) < 4.78 is 5.13. The fourth-order valence-corrected chi connectivity index (χ4v) is 3.04. The number of carbonyl (C=O) groups excluding carboxylic acids is 1. The van der Waals surface area contributed by atoms with E-state index in [4.69, 9.17) is 10.5 Å². The maximum absolute atomic E-state index is 12.1. The van der Waals surface area contributed by atoms with Crippen molar-refractivity contribution < 1.29 is 9.53 Å². The molecule has 2 aromatic rings. The van der Waals surface area contributed by atoms with E-state index < -0.39 is 0 Å². The molecule has 132 valence electrons. The zero-order valence-corrected chi connectivity index (χ0v) is 15.7. The standard InChI is InChI=1S/C16H19N3O2S.2ClH/c1-21-12-6-4-11(5-7-12)16-19-14(9-22-16)15(20)18-8-13(17)10-2-3-10;;/h4-7,9-10,13H,2-3,8,17H2,1H3,(H,18,20);2*1H. The average molecular weight is 390 g/mol. The number of hydrogen-bond donors (Lipinski definition) is 2. The van der Waals surface area contributed by atoms with Crippen molar-refractivity contribution in [3.8, 4) is 16.3 Å². The lowest BCUT2D eigenvalue weighted by Gasteiger charge is -2.10. The van der Waals surface area contributed by atoms with E-state index in [0.717, 1.165) is 16.3 Å². The van der Waals surface area contributed by atoms with Gasteiger partial charge in [0.05, 0.1) is 7.11 Å². The third-order valence-electron chi connectivity index (χ3n) is 3.80. The predicted octanol–water partition coefficient (Wildman–Crippen LogP) is 3.13. The maximum Gasteiger partial charge on any atom is 0.270 e. The highest BCUT2D eigenvalue weighted by molar-refractivity contribution is 7.13. The van der Waals surface area contributed by atoms with Crippen LogP contribution in [0.1, 0.15) is 23.3 Å². The van der Waals surface area contributed by atoms with E-state index in [1.54, 1.807) is 12.5 Å². The number of nitrogens with zero attached hydrogens (tertiary/aromatic N) is 1. The molecule has 0 saturated heterocycles. The highest BCUT2D eigenvalue weighted by Crippen LogP contribution is 2.31. The van der Waals surface area contributed by atoms with Crippen LogP contribution < -0.4 is 15.8 Å². The molecule has 0 spiro atoms. The van der Waals surface area contributed by atoms with Gasteiger partial charge in [0, 0.05) is 23.5 Å². The SMILES string of the molecule is COc1ccc(-c2nc(C(=O)NCC(N)C3CC3)cs2)cc1.Cl.Cl. The summed E-state index contributed by atoms with van der Waals surface area (Å²) in [6.07, 6.45) is 2.35. The Balaban J connectivity index is 0.00000144. The van der Waals surface area contributed by atoms with Gasteiger partial charge in [0.2, 0.25) is 0 Å². The maximum atomic E-state index is 12.1. The van der Waals surface area contributed by atoms with Crippen molar-refractivity contribution in [3.05, 3.63) is 35.3 Å². The van der Waals surface area contributed by atoms with Crippen LogP contribution in [0, 0.1) is 5.92 Å². The van der Waals surface area contributed by atoms with Crippen molar-refractivity contribution in [2.75, 3.05) is 13.7 Å². The number of ether oxygens (including phenoxy) is 1. The molecule has 0 bridgehead atoms. The molecular weight excluding hydrogens is 369 g/mol. The third kappa shape index (κ3) is 5.08. The number of nitrogens with two attached hydrogens (primary N) is 1. The van der Waals surface area contributed by atoms with Gasteiger partial charge in [-0.15, -0.1) is 36.2 Å². The number of nitrogens with one attached hydrogen (secondary N) is 1. The topological polar surface area (TPSA) is 77.2 Å². The zero-order chi connectivity index (χ0) is 15.5. The molecule has 1 unspecified atom stereocenters. The molecule has 1 aliphatic carbocycles. The number of aromatic nitrogens is 1. The number of rotatable bonds is 6. The lowest BCUT2D eigenvalue weighted by atomic mass is 10.2. The van der Waals surface area contributed by atoms with Gasteiger partial charge >= 0.3 is 0 Å².